The highest BCUT2D eigenvalue weighted by molar-refractivity contribution is 5.75. The molecule has 0 aromatic carbocycles. The summed E-state index contributed by atoms with van der Waals surface area (Å²) in [6, 6.07) is 0. The molecule has 0 unspecified atom stereocenters. The fraction of sp³-hybridized carbons (Fsp3) is 0.909. The first-order chi connectivity index (χ1) is 6.74. The Balaban J connectivity index is 2.08. The summed E-state index contributed by atoms with van der Waals surface area (Å²) in [4.78, 5) is 13.5. The largest absolute Gasteiger partial charge is 0.345 e. The highest BCUT2D eigenvalue weighted by atomic mass is 16.2. The van der Waals surface area contributed by atoms with Crippen LogP contribution in [0.5, 0.6) is 0 Å². The molecule has 0 radical (unpaired) electrons. The quantitative estimate of drug-likeness (QED) is 0.651. The number of nitrogens with zero attached hydrogens (tertiary/aromatic N) is 1. The molecule has 1 amide bonds. The Kier molecular flexibility index (Phi) is 4.94. The van der Waals surface area contributed by atoms with E-state index in [2.05, 4.69) is 5.32 Å². The van der Waals surface area contributed by atoms with Gasteiger partial charge in [-0.15, -0.1) is 0 Å². The first-order valence-corrected chi connectivity index (χ1v) is 5.62. The van der Waals surface area contributed by atoms with Gasteiger partial charge in [0.05, 0.1) is 0 Å². The molecule has 0 bridgehead atoms. The van der Waals surface area contributed by atoms with Crippen molar-refractivity contribution < 1.29 is 4.79 Å². The molecule has 0 atom stereocenters. The molecule has 1 aliphatic carbocycles. The van der Waals surface area contributed by atoms with Gasteiger partial charge in [-0.05, 0) is 38.8 Å². The van der Waals surface area contributed by atoms with E-state index < -0.39 is 0 Å². The van der Waals surface area contributed by atoms with Crippen molar-refractivity contribution in [2.75, 3.05) is 27.2 Å². The van der Waals surface area contributed by atoms with Crippen molar-refractivity contribution in [2.45, 2.75) is 32.1 Å². The van der Waals surface area contributed by atoms with Gasteiger partial charge in [-0.2, -0.15) is 0 Å². The van der Waals surface area contributed by atoms with Gasteiger partial charge in [0, 0.05) is 20.0 Å². The lowest BCUT2D eigenvalue weighted by molar-refractivity contribution is -0.130. The lowest BCUT2D eigenvalue weighted by Gasteiger charge is -2.30. The second-order valence-corrected chi connectivity index (χ2v) is 4.28. The van der Waals surface area contributed by atoms with Gasteiger partial charge < -0.3 is 10.2 Å². The summed E-state index contributed by atoms with van der Waals surface area (Å²) in [6.07, 6.45) is 5.61. The molecule has 1 N–H and O–H groups in total. The average molecular weight is 198 g/mol. The van der Waals surface area contributed by atoms with Gasteiger partial charge in [-0.3, -0.25) is 4.79 Å². The van der Waals surface area contributed by atoms with Gasteiger partial charge in [0.15, 0.2) is 0 Å². The third-order valence-corrected chi connectivity index (χ3v) is 3.00. The SMILES string of the molecule is CNCCCC(=O)N(C)CC1CCC1. The minimum absolute atomic E-state index is 0.298. The molecule has 1 aliphatic rings. The van der Waals surface area contributed by atoms with E-state index in [0.717, 1.165) is 25.4 Å². The van der Waals surface area contributed by atoms with Crippen LogP contribution in [0.15, 0.2) is 0 Å². The van der Waals surface area contributed by atoms with Crippen molar-refractivity contribution in [1.29, 1.82) is 0 Å². The van der Waals surface area contributed by atoms with E-state index in [1.165, 1.54) is 19.3 Å². The van der Waals surface area contributed by atoms with Crippen LogP contribution in [-0.4, -0.2) is 38.0 Å². The number of hydrogen-bond acceptors (Lipinski definition) is 2. The maximum atomic E-state index is 11.6. The van der Waals surface area contributed by atoms with E-state index in [4.69, 9.17) is 0 Å². The van der Waals surface area contributed by atoms with E-state index in [9.17, 15) is 4.79 Å². The van der Waals surface area contributed by atoms with Gasteiger partial charge in [0.2, 0.25) is 5.91 Å². The summed E-state index contributed by atoms with van der Waals surface area (Å²) in [7, 11) is 3.85. The Labute approximate surface area is 86.9 Å². The van der Waals surface area contributed by atoms with E-state index >= 15 is 0 Å². The molecule has 0 aliphatic heterocycles. The van der Waals surface area contributed by atoms with E-state index in [1.54, 1.807) is 0 Å². The molecule has 14 heavy (non-hydrogen) atoms. The Morgan fingerprint density at radius 2 is 2.21 bits per heavy atom. The molecule has 0 heterocycles. The maximum Gasteiger partial charge on any atom is 0.222 e. The molecule has 0 aromatic heterocycles. The highest BCUT2D eigenvalue weighted by Crippen LogP contribution is 2.26. The van der Waals surface area contributed by atoms with Crippen LogP contribution in [0.3, 0.4) is 0 Å². The molecular weight excluding hydrogens is 176 g/mol. The maximum absolute atomic E-state index is 11.6. The second-order valence-electron chi connectivity index (χ2n) is 4.28. The van der Waals surface area contributed by atoms with Crippen LogP contribution in [0.25, 0.3) is 0 Å². The second kappa shape index (κ2) is 6.02. The summed E-state index contributed by atoms with van der Waals surface area (Å²) in [5.41, 5.74) is 0. The molecular formula is C11H22N2O. The van der Waals surface area contributed by atoms with Crippen LogP contribution >= 0.6 is 0 Å². The lowest BCUT2D eigenvalue weighted by atomic mass is 9.85. The van der Waals surface area contributed by atoms with Gasteiger partial charge in [0.25, 0.3) is 0 Å². The lowest BCUT2D eigenvalue weighted by Crippen LogP contribution is -2.34. The van der Waals surface area contributed by atoms with Gasteiger partial charge >= 0.3 is 0 Å². The Morgan fingerprint density at radius 1 is 1.50 bits per heavy atom. The van der Waals surface area contributed by atoms with Crippen LogP contribution in [-0.2, 0) is 4.79 Å². The molecule has 0 spiro atoms. The number of hydrogen-bond donors (Lipinski definition) is 1. The van der Waals surface area contributed by atoms with Gasteiger partial charge in [-0.25, -0.2) is 0 Å². The Morgan fingerprint density at radius 3 is 2.71 bits per heavy atom. The zero-order valence-corrected chi connectivity index (χ0v) is 9.38. The van der Waals surface area contributed by atoms with Gasteiger partial charge in [-0.1, -0.05) is 6.42 Å². The third kappa shape index (κ3) is 3.66. The summed E-state index contributed by atoms with van der Waals surface area (Å²) in [6.45, 7) is 1.90. The Hall–Kier alpha value is -0.570. The number of amides is 1. The minimum Gasteiger partial charge on any atom is -0.345 e. The van der Waals surface area contributed by atoms with Crippen molar-refractivity contribution in [3.05, 3.63) is 0 Å². The average Bonchev–Trinajstić information content (AvgIpc) is 2.11. The zero-order chi connectivity index (χ0) is 10.4. The first-order valence-electron chi connectivity index (χ1n) is 5.62. The summed E-state index contributed by atoms with van der Waals surface area (Å²) < 4.78 is 0. The molecule has 3 nitrogen and oxygen atoms in total. The molecule has 0 aromatic rings. The minimum atomic E-state index is 0.298. The topological polar surface area (TPSA) is 32.3 Å². The van der Waals surface area contributed by atoms with Crippen LogP contribution in [0.2, 0.25) is 0 Å². The van der Waals surface area contributed by atoms with Crippen molar-refractivity contribution in [1.82, 2.24) is 10.2 Å². The first kappa shape index (κ1) is 11.5. The summed E-state index contributed by atoms with van der Waals surface area (Å²) in [5, 5.41) is 3.05. The van der Waals surface area contributed by atoms with E-state index in [-0.39, 0.29) is 0 Å². The van der Waals surface area contributed by atoms with Crippen LogP contribution in [0, 0.1) is 5.92 Å². The fourth-order valence-corrected chi connectivity index (χ4v) is 1.77. The Bertz CT molecular complexity index is 178. The monoisotopic (exact) mass is 198 g/mol. The summed E-state index contributed by atoms with van der Waals surface area (Å²) in [5.74, 6) is 1.08. The van der Waals surface area contributed by atoms with Crippen LogP contribution in [0.4, 0.5) is 0 Å². The van der Waals surface area contributed by atoms with Crippen LogP contribution < -0.4 is 5.32 Å². The van der Waals surface area contributed by atoms with Crippen molar-refractivity contribution in [3.63, 3.8) is 0 Å². The standard InChI is InChI=1S/C11H22N2O/c1-12-8-4-7-11(14)13(2)9-10-5-3-6-10/h10,12H,3-9H2,1-2H3. The molecule has 1 fully saturated rings. The van der Waals surface area contributed by atoms with Crippen LogP contribution in [0.1, 0.15) is 32.1 Å². The van der Waals surface area contributed by atoms with Crippen molar-refractivity contribution in [2.24, 2.45) is 5.92 Å². The molecule has 1 saturated carbocycles. The predicted octanol–water partition coefficient (Wildman–Crippen LogP) is 1.24. The predicted molar refractivity (Wildman–Crippen MR) is 58.1 cm³/mol. The number of nitrogens with one attached hydrogen (secondary N) is 1. The number of rotatable bonds is 6. The summed E-state index contributed by atoms with van der Waals surface area (Å²) >= 11 is 0. The third-order valence-electron chi connectivity index (χ3n) is 3.00. The smallest absolute Gasteiger partial charge is 0.222 e. The number of carbonyl (C=O) groups is 1. The highest BCUT2D eigenvalue weighted by Gasteiger charge is 2.20. The van der Waals surface area contributed by atoms with Crippen molar-refractivity contribution in [3.8, 4) is 0 Å². The fourth-order valence-electron chi connectivity index (χ4n) is 1.77. The number of carbonyl (C=O) groups excluding carboxylic acids is 1. The zero-order valence-electron chi connectivity index (χ0n) is 9.38. The van der Waals surface area contributed by atoms with Crippen molar-refractivity contribution >= 4 is 5.91 Å². The van der Waals surface area contributed by atoms with E-state index in [1.807, 2.05) is 19.0 Å². The molecule has 82 valence electrons. The molecule has 1 rings (SSSR count). The van der Waals surface area contributed by atoms with E-state index in [0.29, 0.717) is 12.3 Å². The van der Waals surface area contributed by atoms with Gasteiger partial charge in [0.1, 0.15) is 0 Å². The molecule has 0 saturated heterocycles. The molecule has 3 heteroatoms. The normalized spacial score (nSPS) is 16.4.